The zero-order valence-electron chi connectivity index (χ0n) is 20.3. The van der Waals surface area contributed by atoms with Crippen LogP contribution in [0.2, 0.25) is 0 Å². The smallest absolute Gasteiger partial charge is 0.410 e. The lowest BCUT2D eigenvalue weighted by Gasteiger charge is -2.35. The number of ether oxygens (including phenoxy) is 3. The van der Waals surface area contributed by atoms with E-state index in [2.05, 4.69) is 5.10 Å². The van der Waals surface area contributed by atoms with Crippen molar-refractivity contribution in [2.45, 2.75) is 62.8 Å². The van der Waals surface area contributed by atoms with E-state index in [1.807, 2.05) is 37.6 Å². The fraction of sp³-hybridized carbons (Fsp3) is 0.542. The molecule has 34 heavy (non-hydrogen) atoms. The summed E-state index contributed by atoms with van der Waals surface area (Å²) in [4.78, 5) is 27.8. The Morgan fingerprint density at radius 3 is 2.71 bits per heavy atom. The molecule has 1 amide bonds. The molecule has 0 radical (unpaired) electrons. The number of likely N-dealkylation sites (tertiary alicyclic amines) is 1. The van der Waals surface area contributed by atoms with Gasteiger partial charge in [-0.25, -0.2) is 9.59 Å². The van der Waals surface area contributed by atoms with Crippen LogP contribution in [-0.2, 0) is 26.0 Å². The maximum absolute atomic E-state index is 13.2. The van der Waals surface area contributed by atoms with E-state index < -0.39 is 22.4 Å². The van der Waals surface area contributed by atoms with Gasteiger partial charge in [0.05, 0.1) is 46.9 Å². The predicted octanol–water partition coefficient (Wildman–Crippen LogP) is 3.93. The summed E-state index contributed by atoms with van der Waals surface area (Å²) in [7, 11) is 0.138. The second-order valence-corrected chi connectivity index (χ2v) is 10.8. The van der Waals surface area contributed by atoms with E-state index in [0.29, 0.717) is 29.3 Å². The van der Waals surface area contributed by atoms with Gasteiger partial charge in [0.2, 0.25) is 0 Å². The Morgan fingerprint density at radius 1 is 1.26 bits per heavy atom. The van der Waals surface area contributed by atoms with Crippen LogP contribution in [0.1, 0.15) is 62.6 Å². The van der Waals surface area contributed by atoms with Crippen LogP contribution in [0.15, 0.2) is 23.1 Å². The van der Waals surface area contributed by atoms with E-state index in [0.717, 1.165) is 24.1 Å². The van der Waals surface area contributed by atoms with Crippen molar-refractivity contribution >= 4 is 22.9 Å². The average Bonchev–Trinajstić information content (AvgIpc) is 3.17. The van der Waals surface area contributed by atoms with Crippen molar-refractivity contribution in [2.24, 2.45) is 0 Å². The Bertz CT molecular complexity index is 1140. The van der Waals surface area contributed by atoms with Crippen molar-refractivity contribution in [2.75, 3.05) is 26.8 Å². The first kappa shape index (κ1) is 24.3. The van der Waals surface area contributed by atoms with Crippen LogP contribution in [0, 0.1) is 0 Å². The number of aromatic nitrogens is 2. The Hall–Kier alpha value is -2.88. The van der Waals surface area contributed by atoms with Crippen molar-refractivity contribution in [1.82, 2.24) is 14.7 Å². The Kier molecular flexibility index (Phi) is 6.71. The molecule has 0 N–H and O–H groups in total. The van der Waals surface area contributed by atoms with Crippen LogP contribution in [0.25, 0.3) is 11.3 Å². The summed E-state index contributed by atoms with van der Waals surface area (Å²) in [5, 5.41) is 4.68. The van der Waals surface area contributed by atoms with Gasteiger partial charge in [-0.05, 0) is 46.6 Å². The normalized spacial score (nSPS) is 19.7. The van der Waals surface area contributed by atoms with Gasteiger partial charge in [0.1, 0.15) is 11.4 Å². The molecule has 2 unspecified atom stereocenters. The minimum atomic E-state index is -1.41. The molecule has 0 bridgehead atoms. The molecule has 0 aliphatic carbocycles. The molecule has 1 saturated heterocycles. The van der Waals surface area contributed by atoms with Crippen molar-refractivity contribution in [3.05, 3.63) is 29.5 Å². The molecule has 9 nitrogen and oxygen atoms in total. The Morgan fingerprint density at radius 2 is 2.03 bits per heavy atom. The van der Waals surface area contributed by atoms with E-state index >= 15 is 0 Å². The first-order valence-corrected chi connectivity index (χ1v) is 12.8. The third kappa shape index (κ3) is 4.55. The monoisotopic (exact) mass is 489 g/mol. The van der Waals surface area contributed by atoms with Gasteiger partial charge >= 0.3 is 12.1 Å². The highest BCUT2D eigenvalue weighted by Gasteiger charge is 2.37. The van der Waals surface area contributed by atoms with E-state index in [1.54, 1.807) is 25.0 Å². The van der Waals surface area contributed by atoms with Crippen molar-refractivity contribution in [3.8, 4) is 17.0 Å². The predicted molar refractivity (Wildman–Crippen MR) is 126 cm³/mol. The third-order valence-electron chi connectivity index (χ3n) is 5.83. The highest BCUT2D eigenvalue weighted by Crippen LogP contribution is 2.43. The zero-order chi connectivity index (χ0) is 24.6. The summed E-state index contributed by atoms with van der Waals surface area (Å²) in [6.45, 7) is 8.45. The molecule has 4 rings (SSSR count). The fourth-order valence-corrected chi connectivity index (χ4v) is 5.93. The largest absolute Gasteiger partial charge is 0.495 e. The van der Waals surface area contributed by atoms with E-state index in [1.165, 1.54) is 0 Å². The summed E-state index contributed by atoms with van der Waals surface area (Å²) in [6, 6.07) is 5.30. The molecular weight excluding hydrogens is 458 g/mol. The van der Waals surface area contributed by atoms with Gasteiger partial charge in [-0.1, -0.05) is 12.1 Å². The molecule has 10 heteroatoms. The molecule has 0 spiro atoms. The molecule has 2 aliphatic rings. The van der Waals surface area contributed by atoms with E-state index in [9.17, 15) is 13.8 Å². The van der Waals surface area contributed by atoms with Crippen molar-refractivity contribution in [3.63, 3.8) is 0 Å². The first-order chi connectivity index (χ1) is 16.1. The molecule has 2 atom stereocenters. The van der Waals surface area contributed by atoms with Crippen LogP contribution in [-0.4, -0.2) is 63.4 Å². The van der Waals surface area contributed by atoms with E-state index in [-0.39, 0.29) is 30.2 Å². The third-order valence-corrected chi connectivity index (χ3v) is 7.26. The van der Waals surface area contributed by atoms with Crippen LogP contribution < -0.4 is 4.74 Å². The fourth-order valence-electron chi connectivity index (χ4n) is 4.47. The van der Waals surface area contributed by atoms with Crippen LogP contribution in [0.4, 0.5) is 4.79 Å². The van der Waals surface area contributed by atoms with Crippen LogP contribution in [0.3, 0.4) is 0 Å². The minimum Gasteiger partial charge on any atom is -0.495 e. The lowest BCUT2D eigenvalue weighted by molar-refractivity contribution is 0.0166. The number of methoxy groups -OCH3 is 1. The quantitative estimate of drug-likeness (QED) is 0.600. The summed E-state index contributed by atoms with van der Waals surface area (Å²) >= 11 is 0. The number of carbonyl (C=O) groups is 2. The van der Waals surface area contributed by atoms with Gasteiger partial charge in [-0.15, -0.1) is 0 Å². The number of nitrogens with zero attached hydrogens (tertiary/aromatic N) is 3. The summed E-state index contributed by atoms with van der Waals surface area (Å²) in [5.41, 5.74) is 1.63. The number of rotatable bonds is 4. The Labute approximate surface area is 201 Å². The lowest BCUT2D eigenvalue weighted by atomic mass is 10.0. The molecule has 184 valence electrons. The number of carbonyl (C=O) groups excluding carboxylic acids is 2. The standard InChI is InChI=1S/C24H31N3O6S/c1-6-32-22(28)19-17-14-34(30)21-16(10-7-11-18(21)31-5)20(17)27(25-19)15-9-8-12-26(13-15)23(29)33-24(2,3)4/h7,10-11,15H,6,8-9,12-14H2,1-5H3. The second-order valence-electron chi connectivity index (χ2n) is 9.39. The highest BCUT2D eigenvalue weighted by atomic mass is 32.2. The number of hydrogen-bond donors (Lipinski definition) is 0. The molecule has 1 aromatic carbocycles. The van der Waals surface area contributed by atoms with Gasteiger partial charge in [0.25, 0.3) is 0 Å². The number of esters is 1. The molecule has 0 saturated carbocycles. The highest BCUT2D eigenvalue weighted by molar-refractivity contribution is 7.84. The van der Waals surface area contributed by atoms with Gasteiger partial charge in [-0.3, -0.25) is 8.89 Å². The number of hydrogen-bond acceptors (Lipinski definition) is 7. The van der Waals surface area contributed by atoms with Gasteiger partial charge < -0.3 is 19.1 Å². The second kappa shape index (κ2) is 9.40. The van der Waals surface area contributed by atoms with Gasteiger partial charge in [0, 0.05) is 24.2 Å². The van der Waals surface area contributed by atoms with Crippen molar-refractivity contribution < 1.29 is 28.0 Å². The molecule has 1 fully saturated rings. The van der Waals surface area contributed by atoms with Gasteiger partial charge in [-0.2, -0.15) is 5.10 Å². The minimum absolute atomic E-state index is 0.138. The Balaban J connectivity index is 1.80. The van der Waals surface area contributed by atoms with Crippen LogP contribution >= 0.6 is 0 Å². The average molecular weight is 490 g/mol. The molecule has 2 aliphatic heterocycles. The number of amides is 1. The lowest BCUT2D eigenvalue weighted by Crippen LogP contribution is -2.43. The van der Waals surface area contributed by atoms with Gasteiger partial charge in [0.15, 0.2) is 5.69 Å². The van der Waals surface area contributed by atoms with Crippen molar-refractivity contribution in [1.29, 1.82) is 0 Å². The maximum Gasteiger partial charge on any atom is 0.410 e. The molecular formula is C24H31N3O6S. The number of benzene rings is 1. The van der Waals surface area contributed by atoms with Crippen LogP contribution in [0.5, 0.6) is 5.75 Å². The number of fused-ring (bicyclic) bond motifs is 3. The topological polar surface area (TPSA) is 100.0 Å². The number of piperidine rings is 1. The first-order valence-electron chi connectivity index (χ1n) is 11.5. The zero-order valence-corrected chi connectivity index (χ0v) is 21.1. The maximum atomic E-state index is 13.2. The SMILES string of the molecule is CCOC(=O)c1nn(C2CCCN(C(=O)OC(C)(C)C)C2)c2c1CS(=O)c1c(OC)cccc1-2. The molecule has 3 heterocycles. The molecule has 2 aromatic rings. The molecule has 1 aromatic heterocycles. The summed E-state index contributed by atoms with van der Waals surface area (Å²) in [5.74, 6) is 0.130. The summed E-state index contributed by atoms with van der Waals surface area (Å²) < 4.78 is 31.3. The van der Waals surface area contributed by atoms with E-state index in [4.69, 9.17) is 14.2 Å². The summed E-state index contributed by atoms with van der Waals surface area (Å²) in [6.07, 6.45) is 1.18.